The number of nitrogens with zero attached hydrogens (tertiary/aromatic N) is 1. The quantitative estimate of drug-likeness (QED) is 0.394. The Morgan fingerprint density at radius 2 is 1.53 bits per heavy atom. The molecule has 1 N–H and O–H groups in total. The summed E-state index contributed by atoms with van der Waals surface area (Å²) in [5.41, 5.74) is 0.975. The van der Waals surface area contributed by atoms with Gasteiger partial charge in [-0.1, -0.05) is 18.2 Å². The second kappa shape index (κ2) is 12.2. The number of nitrogens with one attached hydrogen (secondary N) is 1. The van der Waals surface area contributed by atoms with Gasteiger partial charge in [0.1, 0.15) is 12.3 Å². The molecule has 3 rings (SSSR count). The lowest BCUT2D eigenvalue weighted by Gasteiger charge is -2.24. The van der Waals surface area contributed by atoms with Crippen LogP contribution in [0.15, 0.2) is 71.6 Å². The summed E-state index contributed by atoms with van der Waals surface area (Å²) in [5.74, 6) is 1.40. The summed E-state index contributed by atoms with van der Waals surface area (Å²) in [6, 6.07) is 18.0. The molecule has 0 saturated heterocycles. The molecule has 0 aromatic heterocycles. The summed E-state index contributed by atoms with van der Waals surface area (Å²) in [7, 11) is 0.477. The Morgan fingerprint density at radius 3 is 2.11 bits per heavy atom. The zero-order valence-electron chi connectivity index (χ0n) is 20.7. The maximum Gasteiger partial charge on any atom is 0.264 e. The Bertz CT molecular complexity index is 1260. The summed E-state index contributed by atoms with van der Waals surface area (Å²) < 4.78 is 49.6. The predicted octanol–water partition coefficient (Wildman–Crippen LogP) is 3.62. The molecule has 192 valence electrons. The van der Waals surface area contributed by atoms with Crippen molar-refractivity contribution in [2.75, 3.05) is 38.8 Å². The minimum Gasteiger partial charge on any atom is -0.494 e. The molecule has 0 unspecified atom stereocenters. The normalized spacial score (nSPS) is 10.9. The Labute approximate surface area is 211 Å². The van der Waals surface area contributed by atoms with Crippen molar-refractivity contribution < 1.29 is 32.2 Å². The van der Waals surface area contributed by atoms with Crippen LogP contribution >= 0.6 is 0 Å². The summed E-state index contributed by atoms with van der Waals surface area (Å²) in [6.07, 6.45) is 0. The van der Waals surface area contributed by atoms with Crippen molar-refractivity contribution in [2.45, 2.75) is 18.4 Å². The van der Waals surface area contributed by atoms with E-state index in [9.17, 15) is 13.2 Å². The van der Waals surface area contributed by atoms with E-state index in [0.29, 0.717) is 40.9 Å². The fourth-order valence-electron chi connectivity index (χ4n) is 3.59. The van der Waals surface area contributed by atoms with E-state index in [-0.39, 0.29) is 11.4 Å². The summed E-state index contributed by atoms with van der Waals surface area (Å²) in [5, 5.41) is 2.77. The van der Waals surface area contributed by atoms with E-state index in [1.165, 1.54) is 33.5 Å². The van der Waals surface area contributed by atoms with Gasteiger partial charge in [-0.05, 0) is 55.5 Å². The molecule has 0 heterocycles. The third kappa shape index (κ3) is 6.01. The second-order valence-corrected chi connectivity index (χ2v) is 9.38. The molecule has 0 atom stereocenters. The first-order valence-electron chi connectivity index (χ1n) is 11.2. The van der Waals surface area contributed by atoms with E-state index in [0.717, 1.165) is 4.31 Å². The number of benzene rings is 3. The fraction of sp³-hybridized carbons (Fsp3) is 0.269. The van der Waals surface area contributed by atoms with E-state index in [2.05, 4.69) is 5.32 Å². The molecule has 0 aliphatic rings. The number of hydrogen-bond acceptors (Lipinski definition) is 7. The lowest BCUT2D eigenvalue weighted by Crippen LogP contribution is -2.40. The van der Waals surface area contributed by atoms with Crippen molar-refractivity contribution >= 4 is 21.6 Å². The van der Waals surface area contributed by atoms with Gasteiger partial charge in [0.2, 0.25) is 11.7 Å². The molecule has 0 aliphatic carbocycles. The summed E-state index contributed by atoms with van der Waals surface area (Å²) in [4.78, 5) is 13.1. The van der Waals surface area contributed by atoms with Crippen molar-refractivity contribution in [3.05, 3.63) is 72.3 Å². The predicted molar refractivity (Wildman–Crippen MR) is 137 cm³/mol. The van der Waals surface area contributed by atoms with E-state index < -0.39 is 22.5 Å². The third-order valence-electron chi connectivity index (χ3n) is 5.32. The van der Waals surface area contributed by atoms with Crippen LogP contribution in [0.1, 0.15) is 12.5 Å². The molecule has 0 saturated carbocycles. The monoisotopic (exact) mass is 514 g/mol. The Balaban J connectivity index is 1.86. The van der Waals surface area contributed by atoms with E-state index >= 15 is 0 Å². The highest BCUT2D eigenvalue weighted by molar-refractivity contribution is 7.92. The van der Waals surface area contributed by atoms with Gasteiger partial charge in [0.25, 0.3) is 10.0 Å². The number of carbonyl (C=O) groups is 1. The van der Waals surface area contributed by atoms with E-state index in [4.69, 9.17) is 18.9 Å². The van der Waals surface area contributed by atoms with Crippen molar-refractivity contribution in [3.63, 3.8) is 0 Å². The largest absolute Gasteiger partial charge is 0.494 e. The fourth-order valence-corrected chi connectivity index (χ4v) is 5.03. The second-order valence-electron chi connectivity index (χ2n) is 7.52. The number of anilines is 1. The molecule has 10 heteroatoms. The van der Waals surface area contributed by atoms with Crippen LogP contribution in [-0.4, -0.2) is 48.8 Å². The SMILES string of the molecule is CCOc1ccc(N(CC(=O)NCc2ccc(OC)c(OC)c2OC)S(=O)(=O)c2ccccc2)cc1. The van der Waals surface area contributed by atoms with Crippen LogP contribution in [0.2, 0.25) is 0 Å². The van der Waals surface area contributed by atoms with Crippen molar-refractivity contribution in [2.24, 2.45) is 0 Å². The van der Waals surface area contributed by atoms with Crippen LogP contribution < -0.4 is 28.6 Å². The van der Waals surface area contributed by atoms with Gasteiger partial charge < -0.3 is 24.3 Å². The maximum atomic E-state index is 13.5. The molecule has 36 heavy (non-hydrogen) atoms. The molecule has 9 nitrogen and oxygen atoms in total. The van der Waals surface area contributed by atoms with Gasteiger partial charge in [0.05, 0.1) is 38.5 Å². The van der Waals surface area contributed by atoms with E-state index in [1.54, 1.807) is 54.6 Å². The highest BCUT2D eigenvalue weighted by Gasteiger charge is 2.27. The van der Waals surface area contributed by atoms with Gasteiger partial charge in [-0.2, -0.15) is 0 Å². The molecule has 0 spiro atoms. The number of methoxy groups -OCH3 is 3. The van der Waals surface area contributed by atoms with Gasteiger partial charge >= 0.3 is 0 Å². The third-order valence-corrected chi connectivity index (χ3v) is 7.10. The molecule has 0 radical (unpaired) electrons. The minimum absolute atomic E-state index is 0.0771. The highest BCUT2D eigenvalue weighted by Crippen LogP contribution is 2.39. The summed E-state index contributed by atoms with van der Waals surface area (Å²) >= 11 is 0. The number of rotatable bonds is 12. The molecule has 1 amide bonds. The molecule has 3 aromatic rings. The number of amides is 1. The number of ether oxygens (including phenoxy) is 4. The smallest absolute Gasteiger partial charge is 0.264 e. The average Bonchev–Trinajstić information content (AvgIpc) is 2.91. The van der Waals surface area contributed by atoms with Gasteiger partial charge in [0, 0.05) is 12.1 Å². The Morgan fingerprint density at radius 1 is 0.861 bits per heavy atom. The topological polar surface area (TPSA) is 103 Å². The van der Waals surface area contributed by atoms with Crippen molar-refractivity contribution in [1.29, 1.82) is 0 Å². The molecule has 0 bridgehead atoms. The maximum absolute atomic E-state index is 13.5. The zero-order chi connectivity index (χ0) is 26.1. The molecule has 0 aliphatic heterocycles. The van der Waals surface area contributed by atoms with Gasteiger partial charge in [0.15, 0.2) is 11.5 Å². The van der Waals surface area contributed by atoms with Gasteiger partial charge in [-0.3, -0.25) is 9.10 Å². The van der Waals surface area contributed by atoms with Crippen LogP contribution in [-0.2, 0) is 21.4 Å². The van der Waals surface area contributed by atoms with Crippen molar-refractivity contribution in [3.8, 4) is 23.0 Å². The van der Waals surface area contributed by atoms with Gasteiger partial charge in [-0.25, -0.2) is 8.42 Å². The number of hydrogen-bond donors (Lipinski definition) is 1. The first-order valence-corrected chi connectivity index (χ1v) is 12.6. The lowest BCUT2D eigenvalue weighted by molar-refractivity contribution is -0.119. The highest BCUT2D eigenvalue weighted by atomic mass is 32.2. The van der Waals surface area contributed by atoms with Crippen LogP contribution in [0.4, 0.5) is 5.69 Å². The first kappa shape index (κ1) is 26.7. The number of carbonyl (C=O) groups excluding carboxylic acids is 1. The Kier molecular flexibility index (Phi) is 9.02. The number of sulfonamides is 1. The standard InChI is InChI=1S/C26H30N2O7S/c1-5-35-21-14-12-20(13-15-21)28(36(30,31)22-9-7-6-8-10-22)18-24(29)27-17-19-11-16-23(32-2)26(34-4)25(19)33-3/h6-16H,5,17-18H2,1-4H3,(H,27,29). The average molecular weight is 515 g/mol. The van der Waals surface area contributed by atoms with Crippen LogP contribution in [0, 0.1) is 0 Å². The minimum atomic E-state index is -4.02. The first-order chi connectivity index (χ1) is 17.3. The molecule has 3 aromatic carbocycles. The van der Waals surface area contributed by atoms with Crippen molar-refractivity contribution in [1.82, 2.24) is 5.32 Å². The van der Waals surface area contributed by atoms with Gasteiger partial charge in [-0.15, -0.1) is 0 Å². The molecular weight excluding hydrogens is 484 g/mol. The van der Waals surface area contributed by atoms with E-state index in [1.807, 2.05) is 6.92 Å². The van der Waals surface area contributed by atoms with Crippen LogP contribution in [0.5, 0.6) is 23.0 Å². The van der Waals surface area contributed by atoms with Crippen LogP contribution in [0.25, 0.3) is 0 Å². The Hall–Kier alpha value is -3.92. The van der Waals surface area contributed by atoms with Crippen LogP contribution in [0.3, 0.4) is 0 Å². The zero-order valence-corrected chi connectivity index (χ0v) is 21.5. The molecule has 0 fully saturated rings. The lowest BCUT2D eigenvalue weighted by atomic mass is 10.1. The summed E-state index contributed by atoms with van der Waals surface area (Å²) in [6.45, 7) is 2.00. The molecular formula is C26H30N2O7S.